The van der Waals surface area contributed by atoms with Crippen LogP contribution in [-0.4, -0.2) is 27.9 Å². The molecule has 2 amide bonds. The van der Waals surface area contributed by atoms with Crippen molar-refractivity contribution in [1.82, 2.24) is 14.9 Å². The van der Waals surface area contributed by atoms with Crippen molar-refractivity contribution >= 4 is 17.6 Å². The van der Waals surface area contributed by atoms with Gasteiger partial charge in [-0.05, 0) is 58.9 Å². The van der Waals surface area contributed by atoms with Crippen LogP contribution in [0.25, 0.3) is 22.3 Å². The maximum Gasteiger partial charge on any atom is 0.416 e. The molecule has 9 heteroatoms. The topological polar surface area (TPSA) is 76.0 Å². The molecule has 0 aliphatic rings. The average molecular weight is 583 g/mol. The summed E-state index contributed by atoms with van der Waals surface area (Å²) in [7, 11) is 1.65. The summed E-state index contributed by atoms with van der Waals surface area (Å²) in [5, 5.41) is 5.57. The Morgan fingerprint density at radius 1 is 0.767 bits per heavy atom. The van der Waals surface area contributed by atoms with Gasteiger partial charge in [0.15, 0.2) is 5.82 Å². The molecule has 0 unspecified atom stereocenters. The highest BCUT2D eigenvalue weighted by Crippen LogP contribution is 2.32. The Morgan fingerprint density at radius 2 is 1.40 bits per heavy atom. The number of imidazole rings is 1. The van der Waals surface area contributed by atoms with E-state index in [4.69, 9.17) is 0 Å². The van der Waals surface area contributed by atoms with Crippen molar-refractivity contribution in [2.24, 2.45) is 7.05 Å². The summed E-state index contributed by atoms with van der Waals surface area (Å²) in [5.74, 6) is -0.552. The molecular formula is C34H29F3N4O2. The molecular weight excluding hydrogens is 553 g/mol. The minimum Gasteiger partial charge on any atom is -0.349 e. The van der Waals surface area contributed by atoms with E-state index < -0.39 is 17.6 Å². The van der Waals surface area contributed by atoms with Crippen LogP contribution in [0, 0.1) is 0 Å². The first-order valence-corrected chi connectivity index (χ1v) is 13.7. The first-order valence-electron chi connectivity index (χ1n) is 13.7. The second kappa shape index (κ2) is 12.8. The van der Waals surface area contributed by atoms with Crippen molar-refractivity contribution < 1.29 is 22.8 Å². The van der Waals surface area contributed by atoms with E-state index in [1.165, 1.54) is 28.5 Å². The van der Waals surface area contributed by atoms with E-state index in [2.05, 4.69) is 52.0 Å². The van der Waals surface area contributed by atoms with E-state index in [1.807, 2.05) is 18.2 Å². The first kappa shape index (κ1) is 29.3. The lowest BCUT2D eigenvalue weighted by molar-refractivity contribution is -0.137. The fraction of sp³-hybridized carbons (Fsp3) is 0.147. The molecule has 218 valence electrons. The van der Waals surface area contributed by atoms with Gasteiger partial charge in [-0.3, -0.25) is 9.59 Å². The lowest BCUT2D eigenvalue weighted by atomic mass is 9.98. The standard InChI is InChI=1S/C34H29F3N4O2/c1-41-22-30(40-32(42)29-12-6-5-11-28(29)26-17-19-27(20-18-26)34(35,36)37)39-31(41)33(43)38-21-7-8-23-13-15-25(16-14-23)24-9-3-2-4-10-24/h2-6,9-20,22H,7-8,21H2,1H3,(H,38,43)(H,40,42). The molecule has 0 spiro atoms. The number of aromatic nitrogens is 2. The van der Waals surface area contributed by atoms with Gasteiger partial charge in [0, 0.05) is 25.4 Å². The molecule has 1 heterocycles. The molecule has 0 bridgehead atoms. The van der Waals surface area contributed by atoms with E-state index >= 15 is 0 Å². The summed E-state index contributed by atoms with van der Waals surface area (Å²) in [6.45, 7) is 0.453. The van der Waals surface area contributed by atoms with Crippen molar-refractivity contribution in [3.05, 3.63) is 132 Å². The minimum atomic E-state index is -4.45. The smallest absolute Gasteiger partial charge is 0.349 e. The van der Waals surface area contributed by atoms with Gasteiger partial charge in [-0.1, -0.05) is 84.9 Å². The summed E-state index contributed by atoms with van der Waals surface area (Å²) < 4.78 is 40.5. The Bertz CT molecular complexity index is 1710. The summed E-state index contributed by atoms with van der Waals surface area (Å²) in [5.41, 5.74) is 3.91. The van der Waals surface area contributed by atoms with Gasteiger partial charge in [0.05, 0.1) is 5.56 Å². The largest absolute Gasteiger partial charge is 0.416 e. The summed E-state index contributed by atoms with van der Waals surface area (Å²) in [6.07, 6.45) is -1.38. The first-order chi connectivity index (χ1) is 20.7. The Morgan fingerprint density at radius 3 is 2.09 bits per heavy atom. The molecule has 5 aromatic rings. The number of carbonyl (C=O) groups excluding carboxylic acids is 2. The summed E-state index contributed by atoms with van der Waals surface area (Å²) in [6, 6.07) is 29.7. The zero-order valence-electron chi connectivity index (χ0n) is 23.4. The molecule has 0 saturated heterocycles. The number of halogens is 3. The van der Waals surface area contributed by atoms with Crippen LogP contribution in [0.3, 0.4) is 0 Å². The third-order valence-corrected chi connectivity index (χ3v) is 7.00. The van der Waals surface area contributed by atoms with E-state index in [-0.39, 0.29) is 23.1 Å². The van der Waals surface area contributed by atoms with Crippen LogP contribution < -0.4 is 10.6 Å². The number of rotatable bonds is 9. The van der Waals surface area contributed by atoms with Crippen LogP contribution in [0.2, 0.25) is 0 Å². The van der Waals surface area contributed by atoms with E-state index in [0.29, 0.717) is 17.7 Å². The second-order valence-electron chi connectivity index (χ2n) is 10.1. The Labute approximate surface area is 247 Å². The lowest BCUT2D eigenvalue weighted by Crippen LogP contribution is -2.27. The highest BCUT2D eigenvalue weighted by atomic mass is 19.4. The number of nitrogens with one attached hydrogen (secondary N) is 2. The molecule has 1 aromatic heterocycles. The number of anilines is 1. The van der Waals surface area contributed by atoms with E-state index in [0.717, 1.165) is 36.1 Å². The van der Waals surface area contributed by atoms with Gasteiger partial charge in [0.25, 0.3) is 11.8 Å². The number of hydrogen-bond donors (Lipinski definition) is 2. The summed E-state index contributed by atoms with van der Waals surface area (Å²) in [4.78, 5) is 30.2. The van der Waals surface area contributed by atoms with Crippen molar-refractivity contribution in [2.45, 2.75) is 19.0 Å². The minimum absolute atomic E-state index is 0.138. The monoisotopic (exact) mass is 582 g/mol. The van der Waals surface area contributed by atoms with Gasteiger partial charge in [0.1, 0.15) is 0 Å². The molecule has 4 aromatic carbocycles. The SMILES string of the molecule is Cn1cc(NC(=O)c2ccccc2-c2ccc(C(F)(F)F)cc2)nc1C(=O)NCCCc1ccc(-c2ccccc2)cc1. The third kappa shape index (κ3) is 7.19. The summed E-state index contributed by atoms with van der Waals surface area (Å²) >= 11 is 0. The Kier molecular flexibility index (Phi) is 8.71. The number of nitrogens with zero attached hydrogens (tertiary/aromatic N) is 2. The predicted molar refractivity (Wildman–Crippen MR) is 161 cm³/mol. The van der Waals surface area contributed by atoms with Crippen LogP contribution in [0.15, 0.2) is 109 Å². The normalized spacial score (nSPS) is 11.3. The third-order valence-electron chi connectivity index (χ3n) is 7.00. The number of alkyl halides is 3. The lowest BCUT2D eigenvalue weighted by Gasteiger charge is -2.11. The molecule has 0 aliphatic carbocycles. The van der Waals surface area contributed by atoms with Crippen molar-refractivity contribution in [3.8, 4) is 22.3 Å². The second-order valence-corrected chi connectivity index (χ2v) is 10.1. The number of aryl methyl sites for hydroxylation is 2. The number of carbonyl (C=O) groups is 2. The fourth-order valence-corrected chi connectivity index (χ4v) is 4.76. The number of benzene rings is 4. The Balaban J connectivity index is 1.17. The van der Waals surface area contributed by atoms with Gasteiger partial charge in [-0.25, -0.2) is 4.98 Å². The van der Waals surface area contributed by atoms with Gasteiger partial charge < -0.3 is 15.2 Å². The zero-order valence-corrected chi connectivity index (χ0v) is 23.4. The highest BCUT2D eigenvalue weighted by molar-refractivity contribution is 6.08. The number of amides is 2. The maximum absolute atomic E-state index is 13.1. The molecule has 2 N–H and O–H groups in total. The molecule has 0 aliphatic heterocycles. The molecule has 43 heavy (non-hydrogen) atoms. The highest BCUT2D eigenvalue weighted by Gasteiger charge is 2.30. The van der Waals surface area contributed by atoms with E-state index in [9.17, 15) is 22.8 Å². The quantitative estimate of drug-likeness (QED) is 0.178. The van der Waals surface area contributed by atoms with Gasteiger partial charge >= 0.3 is 6.18 Å². The Hall–Kier alpha value is -5.18. The predicted octanol–water partition coefficient (Wildman–Crippen LogP) is 7.39. The molecule has 0 radical (unpaired) electrons. The molecule has 0 saturated carbocycles. The fourth-order valence-electron chi connectivity index (χ4n) is 4.76. The van der Waals surface area contributed by atoms with Crippen molar-refractivity contribution in [2.75, 3.05) is 11.9 Å². The van der Waals surface area contributed by atoms with Crippen molar-refractivity contribution in [3.63, 3.8) is 0 Å². The van der Waals surface area contributed by atoms with Crippen LogP contribution in [0.1, 0.15) is 38.5 Å². The molecule has 6 nitrogen and oxygen atoms in total. The van der Waals surface area contributed by atoms with Crippen molar-refractivity contribution in [1.29, 1.82) is 0 Å². The maximum atomic E-state index is 13.1. The van der Waals surface area contributed by atoms with Gasteiger partial charge in [-0.15, -0.1) is 0 Å². The van der Waals surface area contributed by atoms with Crippen LogP contribution in [-0.2, 0) is 19.6 Å². The molecule has 0 atom stereocenters. The van der Waals surface area contributed by atoms with Crippen LogP contribution >= 0.6 is 0 Å². The van der Waals surface area contributed by atoms with E-state index in [1.54, 1.807) is 31.3 Å². The van der Waals surface area contributed by atoms with Gasteiger partial charge in [0.2, 0.25) is 5.82 Å². The molecule has 0 fully saturated rings. The number of hydrogen-bond acceptors (Lipinski definition) is 3. The van der Waals surface area contributed by atoms with Gasteiger partial charge in [-0.2, -0.15) is 13.2 Å². The molecule has 5 rings (SSSR count). The average Bonchev–Trinajstić information content (AvgIpc) is 3.39. The van der Waals surface area contributed by atoms with Crippen LogP contribution in [0.4, 0.5) is 19.0 Å². The zero-order chi connectivity index (χ0) is 30.4. The van der Waals surface area contributed by atoms with Crippen LogP contribution in [0.5, 0.6) is 0 Å².